The maximum Gasteiger partial charge on any atom is 0.0541 e. The molecule has 0 bridgehead atoms. The van der Waals surface area contributed by atoms with Crippen LogP contribution in [0, 0.1) is 13.8 Å². The molecule has 0 unspecified atom stereocenters. The molecule has 6 rings (SSSR count). The van der Waals surface area contributed by atoms with E-state index >= 15 is 0 Å². The summed E-state index contributed by atoms with van der Waals surface area (Å²) in [6.07, 6.45) is 0. The molecular formula is C32H26N2. The lowest BCUT2D eigenvalue weighted by atomic mass is 10.1. The molecule has 5 aromatic carbocycles. The molecule has 1 heterocycles. The predicted molar refractivity (Wildman–Crippen MR) is 145 cm³/mol. The van der Waals surface area contributed by atoms with Gasteiger partial charge >= 0.3 is 0 Å². The lowest BCUT2D eigenvalue weighted by Gasteiger charge is -2.25. The van der Waals surface area contributed by atoms with Gasteiger partial charge in [-0.1, -0.05) is 59.7 Å². The molecule has 164 valence electrons. The van der Waals surface area contributed by atoms with Crippen molar-refractivity contribution in [2.45, 2.75) is 13.8 Å². The number of fused-ring (bicyclic) bond motifs is 3. The average molecular weight is 439 g/mol. The van der Waals surface area contributed by atoms with Crippen LogP contribution < -0.4 is 4.90 Å². The van der Waals surface area contributed by atoms with E-state index in [4.69, 9.17) is 0 Å². The molecule has 0 saturated heterocycles. The molecule has 0 spiro atoms. The highest BCUT2D eigenvalue weighted by molar-refractivity contribution is 6.09. The first kappa shape index (κ1) is 20.3. The lowest BCUT2D eigenvalue weighted by molar-refractivity contribution is 1.17. The van der Waals surface area contributed by atoms with E-state index < -0.39 is 0 Å². The summed E-state index contributed by atoms with van der Waals surface area (Å²) < 4.78 is 2.38. The molecule has 34 heavy (non-hydrogen) atoms. The summed E-state index contributed by atoms with van der Waals surface area (Å²) >= 11 is 0. The Balaban J connectivity index is 1.51. The van der Waals surface area contributed by atoms with E-state index in [0.29, 0.717) is 0 Å². The Hall–Kier alpha value is -4.30. The van der Waals surface area contributed by atoms with Crippen molar-refractivity contribution in [1.82, 2.24) is 4.57 Å². The first-order valence-electron chi connectivity index (χ1n) is 11.7. The minimum Gasteiger partial charge on any atom is -0.311 e. The van der Waals surface area contributed by atoms with Crippen molar-refractivity contribution in [1.29, 1.82) is 0 Å². The summed E-state index contributed by atoms with van der Waals surface area (Å²) in [4.78, 5) is 2.29. The van der Waals surface area contributed by atoms with E-state index in [1.165, 1.54) is 32.9 Å². The molecule has 6 aromatic rings. The third kappa shape index (κ3) is 3.45. The number of hydrogen-bond acceptors (Lipinski definition) is 1. The SMILES string of the molecule is Cc1ccc2c(c1)c1cc(C)ccc1n2-c1ccc(N(c2ccccc2)c2ccccc2)cc1. The van der Waals surface area contributed by atoms with Crippen LogP contribution in [0.25, 0.3) is 27.5 Å². The molecule has 0 amide bonds. The quantitative estimate of drug-likeness (QED) is 0.267. The van der Waals surface area contributed by atoms with Crippen LogP contribution in [-0.4, -0.2) is 4.57 Å². The summed E-state index contributed by atoms with van der Waals surface area (Å²) in [6, 6.07) is 43.4. The number of rotatable bonds is 4. The highest BCUT2D eigenvalue weighted by Crippen LogP contribution is 2.37. The zero-order valence-corrected chi connectivity index (χ0v) is 19.4. The van der Waals surface area contributed by atoms with Gasteiger partial charge in [-0.3, -0.25) is 0 Å². The topological polar surface area (TPSA) is 8.17 Å². The van der Waals surface area contributed by atoms with Gasteiger partial charge in [0.15, 0.2) is 0 Å². The Bertz CT molecular complexity index is 1500. The minimum atomic E-state index is 1.13. The largest absolute Gasteiger partial charge is 0.311 e. The Kier molecular flexibility index (Phi) is 4.92. The normalized spacial score (nSPS) is 11.2. The first-order chi connectivity index (χ1) is 16.7. The fourth-order valence-corrected chi connectivity index (χ4v) is 4.88. The van der Waals surface area contributed by atoms with Gasteiger partial charge in [-0.25, -0.2) is 0 Å². The van der Waals surface area contributed by atoms with Crippen molar-refractivity contribution in [2.24, 2.45) is 0 Å². The highest BCUT2D eigenvalue weighted by atomic mass is 15.1. The van der Waals surface area contributed by atoms with Gasteiger partial charge in [0.2, 0.25) is 0 Å². The summed E-state index contributed by atoms with van der Waals surface area (Å²) in [5.74, 6) is 0. The van der Waals surface area contributed by atoms with E-state index in [2.05, 4.69) is 145 Å². The van der Waals surface area contributed by atoms with Crippen LogP contribution in [0.4, 0.5) is 17.1 Å². The molecular weight excluding hydrogens is 412 g/mol. The number of aryl methyl sites for hydroxylation is 2. The second-order valence-electron chi connectivity index (χ2n) is 8.90. The van der Waals surface area contributed by atoms with Crippen molar-refractivity contribution in [3.8, 4) is 5.69 Å². The molecule has 0 aliphatic rings. The van der Waals surface area contributed by atoms with E-state index in [-0.39, 0.29) is 0 Å². The maximum atomic E-state index is 2.38. The van der Waals surface area contributed by atoms with Gasteiger partial charge in [-0.2, -0.15) is 0 Å². The summed E-state index contributed by atoms with van der Waals surface area (Å²) in [5, 5.41) is 2.61. The Morgan fingerprint density at radius 2 is 0.912 bits per heavy atom. The maximum absolute atomic E-state index is 2.38. The van der Waals surface area contributed by atoms with Crippen LogP contribution in [0.1, 0.15) is 11.1 Å². The molecule has 2 heteroatoms. The molecule has 0 aliphatic carbocycles. The van der Waals surface area contributed by atoms with Crippen molar-refractivity contribution in [2.75, 3.05) is 4.90 Å². The molecule has 0 aliphatic heterocycles. The predicted octanol–water partition coefficient (Wildman–Crippen LogP) is 8.87. The fourth-order valence-electron chi connectivity index (χ4n) is 4.88. The fraction of sp³-hybridized carbons (Fsp3) is 0.0625. The van der Waals surface area contributed by atoms with Gasteiger partial charge in [0, 0.05) is 33.5 Å². The van der Waals surface area contributed by atoms with Crippen LogP contribution >= 0.6 is 0 Å². The van der Waals surface area contributed by atoms with E-state index in [1.807, 2.05) is 0 Å². The van der Waals surface area contributed by atoms with Crippen molar-refractivity contribution in [3.05, 3.63) is 132 Å². The monoisotopic (exact) mass is 438 g/mol. The number of benzene rings is 5. The number of hydrogen-bond donors (Lipinski definition) is 0. The molecule has 2 nitrogen and oxygen atoms in total. The number of nitrogens with zero attached hydrogens (tertiary/aromatic N) is 2. The van der Waals surface area contributed by atoms with Crippen LogP contribution in [0.3, 0.4) is 0 Å². The first-order valence-corrected chi connectivity index (χ1v) is 11.7. The van der Waals surface area contributed by atoms with Crippen LogP contribution in [0.5, 0.6) is 0 Å². The minimum absolute atomic E-state index is 1.13. The van der Waals surface area contributed by atoms with Gasteiger partial charge in [0.25, 0.3) is 0 Å². The zero-order chi connectivity index (χ0) is 23.1. The molecule has 1 aromatic heterocycles. The average Bonchev–Trinajstić information content (AvgIpc) is 3.19. The summed E-state index contributed by atoms with van der Waals surface area (Å²) in [7, 11) is 0. The highest BCUT2D eigenvalue weighted by Gasteiger charge is 2.15. The molecule has 0 N–H and O–H groups in total. The van der Waals surface area contributed by atoms with Gasteiger partial charge in [0.1, 0.15) is 0 Å². The lowest BCUT2D eigenvalue weighted by Crippen LogP contribution is -2.09. The smallest absolute Gasteiger partial charge is 0.0541 e. The van der Waals surface area contributed by atoms with Gasteiger partial charge in [-0.05, 0) is 86.6 Å². The number of anilines is 3. The van der Waals surface area contributed by atoms with Crippen LogP contribution in [-0.2, 0) is 0 Å². The number of para-hydroxylation sites is 2. The summed E-state index contributed by atoms with van der Waals surface area (Å²) in [5.41, 5.74) is 9.62. The summed E-state index contributed by atoms with van der Waals surface area (Å²) in [6.45, 7) is 4.32. The molecule has 0 saturated carbocycles. The van der Waals surface area contributed by atoms with E-state index in [1.54, 1.807) is 0 Å². The second kappa shape index (κ2) is 8.24. The van der Waals surface area contributed by atoms with Crippen molar-refractivity contribution >= 4 is 38.9 Å². The molecule has 0 radical (unpaired) electrons. The van der Waals surface area contributed by atoms with E-state index in [9.17, 15) is 0 Å². The van der Waals surface area contributed by atoms with Gasteiger partial charge in [-0.15, -0.1) is 0 Å². The Labute approximate surface area is 200 Å². The molecule has 0 fully saturated rings. The zero-order valence-electron chi connectivity index (χ0n) is 19.4. The second-order valence-corrected chi connectivity index (χ2v) is 8.90. The van der Waals surface area contributed by atoms with Gasteiger partial charge < -0.3 is 9.47 Å². The standard InChI is InChI=1S/C32H26N2/c1-23-13-19-31-29(21-23)30-22-24(2)14-20-32(30)34(31)28-17-15-27(16-18-28)33(25-9-5-3-6-10-25)26-11-7-4-8-12-26/h3-22H,1-2H3. The van der Waals surface area contributed by atoms with E-state index in [0.717, 1.165) is 22.7 Å². The number of aromatic nitrogens is 1. The third-order valence-electron chi connectivity index (χ3n) is 6.47. The van der Waals surface area contributed by atoms with Crippen molar-refractivity contribution in [3.63, 3.8) is 0 Å². The third-order valence-corrected chi connectivity index (χ3v) is 6.47. The Morgan fingerprint density at radius 3 is 1.38 bits per heavy atom. The molecule has 0 atom stereocenters. The Morgan fingerprint density at radius 1 is 0.471 bits per heavy atom. The van der Waals surface area contributed by atoms with Crippen LogP contribution in [0.2, 0.25) is 0 Å². The van der Waals surface area contributed by atoms with Gasteiger partial charge in [0.05, 0.1) is 11.0 Å². The van der Waals surface area contributed by atoms with Crippen LogP contribution in [0.15, 0.2) is 121 Å². The van der Waals surface area contributed by atoms with Crippen molar-refractivity contribution < 1.29 is 0 Å².